The van der Waals surface area contributed by atoms with E-state index < -0.39 is 0 Å². The molecule has 0 bridgehead atoms. The maximum Gasteiger partial charge on any atom is 0.133 e. The van der Waals surface area contributed by atoms with Gasteiger partial charge in [0.1, 0.15) is 23.0 Å². The van der Waals surface area contributed by atoms with Gasteiger partial charge in [0.2, 0.25) is 0 Å². The van der Waals surface area contributed by atoms with Crippen LogP contribution in [-0.4, -0.2) is 39.9 Å². The van der Waals surface area contributed by atoms with Gasteiger partial charge in [-0.15, -0.1) is 23.5 Å². The predicted octanol–water partition coefficient (Wildman–Crippen LogP) is 7.95. The Bertz CT molecular complexity index is 770. The largest absolute Gasteiger partial charge is 0.496 e. The number of unbranched alkanes of at least 4 members (excludes halogenated alkanes) is 4. The van der Waals surface area contributed by atoms with Crippen molar-refractivity contribution in [2.24, 2.45) is 0 Å². The molecular formula is C26H38O4S2. The SMILES string of the molecule is CCCCCSc1cc(OC)c(-c2cc(OC)c(SCCCCC)cc2OC)cc1OC. The highest BCUT2D eigenvalue weighted by molar-refractivity contribution is 7.99. The van der Waals surface area contributed by atoms with E-state index in [0.29, 0.717) is 0 Å². The number of hydrogen-bond acceptors (Lipinski definition) is 6. The minimum atomic E-state index is 0.799. The molecule has 0 aliphatic carbocycles. The molecule has 2 aromatic carbocycles. The number of benzene rings is 2. The number of ether oxygens (including phenoxy) is 4. The third-order valence-corrected chi connectivity index (χ3v) is 7.52. The van der Waals surface area contributed by atoms with Crippen molar-refractivity contribution >= 4 is 23.5 Å². The van der Waals surface area contributed by atoms with Crippen molar-refractivity contribution in [2.75, 3.05) is 39.9 Å². The number of rotatable bonds is 15. The van der Waals surface area contributed by atoms with Crippen molar-refractivity contribution in [2.45, 2.75) is 62.2 Å². The minimum Gasteiger partial charge on any atom is -0.496 e. The minimum absolute atomic E-state index is 0.799. The molecule has 4 nitrogen and oxygen atoms in total. The van der Waals surface area contributed by atoms with E-state index >= 15 is 0 Å². The fraction of sp³-hybridized carbons (Fsp3) is 0.538. The van der Waals surface area contributed by atoms with E-state index in [9.17, 15) is 0 Å². The summed E-state index contributed by atoms with van der Waals surface area (Å²) in [6.07, 6.45) is 7.30. The molecule has 0 radical (unpaired) electrons. The molecule has 0 aliphatic rings. The van der Waals surface area contributed by atoms with Crippen molar-refractivity contribution in [3.63, 3.8) is 0 Å². The van der Waals surface area contributed by atoms with E-state index in [-0.39, 0.29) is 0 Å². The predicted molar refractivity (Wildman–Crippen MR) is 139 cm³/mol. The Hall–Kier alpha value is -1.66. The Morgan fingerprint density at radius 3 is 1.22 bits per heavy atom. The molecule has 0 atom stereocenters. The summed E-state index contributed by atoms with van der Waals surface area (Å²) in [5.74, 6) is 5.42. The second-order valence-corrected chi connectivity index (χ2v) is 9.79. The Kier molecular flexibility index (Phi) is 12.0. The maximum absolute atomic E-state index is 5.79. The highest BCUT2D eigenvalue weighted by atomic mass is 32.2. The average molecular weight is 479 g/mol. The normalized spacial score (nSPS) is 10.8. The highest BCUT2D eigenvalue weighted by Crippen LogP contribution is 2.46. The summed E-state index contributed by atoms with van der Waals surface area (Å²) in [6.45, 7) is 4.44. The van der Waals surface area contributed by atoms with Crippen LogP contribution in [0, 0.1) is 0 Å². The molecule has 0 saturated heterocycles. The summed E-state index contributed by atoms with van der Waals surface area (Å²) in [5, 5.41) is 0. The van der Waals surface area contributed by atoms with Gasteiger partial charge in [0.25, 0.3) is 0 Å². The third kappa shape index (κ3) is 7.17. The van der Waals surface area contributed by atoms with Crippen molar-refractivity contribution in [3.8, 4) is 34.1 Å². The summed E-state index contributed by atoms with van der Waals surface area (Å²) in [4.78, 5) is 2.19. The zero-order chi connectivity index (χ0) is 23.3. The summed E-state index contributed by atoms with van der Waals surface area (Å²) < 4.78 is 23.1. The Labute approximate surface area is 202 Å². The molecule has 0 aliphatic heterocycles. The average Bonchev–Trinajstić information content (AvgIpc) is 2.83. The van der Waals surface area contributed by atoms with Gasteiger partial charge < -0.3 is 18.9 Å². The van der Waals surface area contributed by atoms with Crippen LogP contribution in [0.3, 0.4) is 0 Å². The molecule has 0 fully saturated rings. The lowest BCUT2D eigenvalue weighted by atomic mass is 10.0. The van der Waals surface area contributed by atoms with Crippen LogP contribution in [0.5, 0.6) is 23.0 Å². The van der Waals surface area contributed by atoms with Gasteiger partial charge >= 0.3 is 0 Å². The number of methoxy groups -OCH3 is 4. The monoisotopic (exact) mass is 478 g/mol. The van der Waals surface area contributed by atoms with Crippen LogP contribution < -0.4 is 18.9 Å². The summed E-state index contributed by atoms with van der Waals surface area (Å²) in [7, 11) is 6.85. The fourth-order valence-electron chi connectivity index (χ4n) is 3.45. The van der Waals surface area contributed by atoms with Gasteiger partial charge in [0.05, 0.1) is 38.2 Å². The lowest BCUT2D eigenvalue weighted by Gasteiger charge is -2.19. The lowest BCUT2D eigenvalue weighted by Crippen LogP contribution is -1.97. The maximum atomic E-state index is 5.79. The van der Waals surface area contributed by atoms with Crippen LogP contribution in [0.4, 0.5) is 0 Å². The smallest absolute Gasteiger partial charge is 0.133 e. The molecule has 0 amide bonds. The first kappa shape index (κ1) is 26.6. The summed E-state index contributed by atoms with van der Waals surface area (Å²) in [6, 6.07) is 8.24. The second-order valence-electron chi connectivity index (χ2n) is 7.52. The van der Waals surface area contributed by atoms with Crippen molar-refractivity contribution in [1.82, 2.24) is 0 Å². The van der Waals surface area contributed by atoms with Gasteiger partial charge in [0.15, 0.2) is 0 Å². The van der Waals surface area contributed by atoms with E-state index in [1.807, 2.05) is 35.7 Å². The van der Waals surface area contributed by atoms with Crippen LogP contribution in [0.1, 0.15) is 52.4 Å². The van der Waals surface area contributed by atoms with E-state index in [1.165, 1.54) is 38.5 Å². The first-order chi connectivity index (χ1) is 15.6. The molecule has 0 saturated carbocycles. The zero-order valence-electron chi connectivity index (χ0n) is 20.4. The molecule has 0 unspecified atom stereocenters. The molecule has 178 valence electrons. The number of hydrogen-bond donors (Lipinski definition) is 0. The topological polar surface area (TPSA) is 36.9 Å². The number of thioether (sulfide) groups is 2. The molecular weight excluding hydrogens is 440 g/mol. The lowest BCUT2D eigenvalue weighted by molar-refractivity contribution is 0.391. The third-order valence-electron chi connectivity index (χ3n) is 5.27. The Morgan fingerprint density at radius 2 is 0.906 bits per heavy atom. The van der Waals surface area contributed by atoms with Crippen molar-refractivity contribution in [3.05, 3.63) is 24.3 Å². The first-order valence-electron chi connectivity index (χ1n) is 11.4. The summed E-state index contributed by atoms with van der Waals surface area (Å²) >= 11 is 3.63. The quantitative estimate of drug-likeness (QED) is 0.191. The summed E-state index contributed by atoms with van der Waals surface area (Å²) in [5.41, 5.74) is 1.86. The van der Waals surface area contributed by atoms with Crippen LogP contribution in [0.25, 0.3) is 11.1 Å². The van der Waals surface area contributed by atoms with Crippen molar-refractivity contribution in [1.29, 1.82) is 0 Å². The molecule has 0 heterocycles. The van der Waals surface area contributed by atoms with Gasteiger partial charge in [-0.25, -0.2) is 0 Å². The van der Waals surface area contributed by atoms with Gasteiger partial charge in [-0.3, -0.25) is 0 Å². The van der Waals surface area contributed by atoms with E-state index in [2.05, 4.69) is 26.0 Å². The van der Waals surface area contributed by atoms with E-state index in [4.69, 9.17) is 18.9 Å². The molecule has 32 heavy (non-hydrogen) atoms. The van der Waals surface area contributed by atoms with Gasteiger partial charge in [0, 0.05) is 11.1 Å². The van der Waals surface area contributed by atoms with E-state index in [0.717, 1.165) is 55.4 Å². The standard InChI is InChI=1S/C26H38O4S2/c1-7-9-11-13-31-25-17-21(27-3)19(15-23(25)29-5)20-16-24(30-6)26(18-22(20)28-4)32-14-12-10-8-2/h15-18H,7-14H2,1-6H3. The van der Waals surface area contributed by atoms with Gasteiger partial charge in [-0.05, 0) is 48.6 Å². The second kappa shape index (κ2) is 14.5. The molecule has 0 aromatic heterocycles. The van der Waals surface area contributed by atoms with Gasteiger partial charge in [-0.2, -0.15) is 0 Å². The van der Waals surface area contributed by atoms with Crippen molar-refractivity contribution < 1.29 is 18.9 Å². The Balaban J connectivity index is 2.43. The Morgan fingerprint density at radius 1 is 0.531 bits per heavy atom. The molecule has 0 spiro atoms. The molecule has 2 rings (SSSR count). The molecule has 6 heteroatoms. The molecule has 2 aromatic rings. The fourth-order valence-corrected chi connectivity index (χ4v) is 5.54. The van der Waals surface area contributed by atoms with Crippen LogP contribution in [-0.2, 0) is 0 Å². The van der Waals surface area contributed by atoms with Gasteiger partial charge in [-0.1, -0.05) is 39.5 Å². The van der Waals surface area contributed by atoms with Crippen LogP contribution >= 0.6 is 23.5 Å². The van der Waals surface area contributed by atoms with Crippen LogP contribution in [0.2, 0.25) is 0 Å². The molecule has 0 N–H and O–H groups in total. The first-order valence-corrected chi connectivity index (χ1v) is 13.4. The zero-order valence-corrected chi connectivity index (χ0v) is 22.0. The van der Waals surface area contributed by atoms with Crippen LogP contribution in [0.15, 0.2) is 34.1 Å². The van der Waals surface area contributed by atoms with E-state index in [1.54, 1.807) is 28.4 Å². The highest BCUT2D eigenvalue weighted by Gasteiger charge is 2.19.